The molecule has 3 nitrogen and oxygen atoms in total. The Morgan fingerprint density at radius 1 is 1.38 bits per heavy atom. The molecular formula is C13H23N3. The molecule has 16 heavy (non-hydrogen) atoms. The maximum Gasteiger partial charge on any atom is 0.106 e. The third kappa shape index (κ3) is 2.29. The number of hydrogen-bond acceptors (Lipinski definition) is 2. The fourth-order valence-corrected chi connectivity index (χ4v) is 2.50. The lowest BCUT2D eigenvalue weighted by atomic mass is 10.0. The first kappa shape index (κ1) is 11.6. The molecule has 1 aromatic heterocycles. The van der Waals surface area contributed by atoms with Gasteiger partial charge in [0.1, 0.15) is 5.82 Å². The molecule has 1 N–H and O–H groups in total. The van der Waals surface area contributed by atoms with Crippen LogP contribution in [-0.4, -0.2) is 22.6 Å². The van der Waals surface area contributed by atoms with Crippen LogP contribution in [0.1, 0.15) is 43.4 Å². The zero-order valence-electron chi connectivity index (χ0n) is 10.7. The van der Waals surface area contributed by atoms with Crippen molar-refractivity contribution in [1.82, 2.24) is 14.9 Å². The molecule has 90 valence electrons. The molecule has 1 atom stereocenters. The number of rotatable bonds is 4. The summed E-state index contributed by atoms with van der Waals surface area (Å²) in [6.45, 7) is 5.48. The van der Waals surface area contributed by atoms with E-state index >= 15 is 0 Å². The van der Waals surface area contributed by atoms with Crippen LogP contribution in [0.15, 0.2) is 0 Å². The van der Waals surface area contributed by atoms with Gasteiger partial charge in [-0.2, -0.15) is 0 Å². The summed E-state index contributed by atoms with van der Waals surface area (Å²) in [6.07, 6.45) is 6.24. The van der Waals surface area contributed by atoms with E-state index in [4.69, 9.17) is 4.98 Å². The van der Waals surface area contributed by atoms with E-state index < -0.39 is 0 Å². The van der Waals surface area contributed by atoms with Gasteiger partial charge in [-0.15, -0.1) is 0 Å². The first-order valence-electron chi connectivity index (χ1n) is 6.44. The van der Waals surface area contributed by atoms with Gasteiger partial charge in [0.25, 0.3) is 0 Å². The molecule has 3 heteroatoms. The van der Waals surface area contributed by atoms with Crippen LogP contribution in [0.3, 0.4) is 0 Å². The van der Waals surface area contributed by atoms with Crippen molar-refractivity contribution in [3.63, 3.8) is 0 Å². The smallest absolute Gasteiger partial charge is 0.106 e. The van der Waals surface area contributed by atoms with Crippen LogP contribution in [0.5, 0.6) is 0 Å². The van der Waals surface area contributed by atoms with Crippen LogP contribution in [0.25, 0.3) is 0 Å². The molecule has 0 amide bonds. The standard InChI is InChI=1S/C13H23N3/c1-10(14-3)8-9-16-11(2)15-12-6-4-5-7-13(12)16/h10,14H,4-9H2,1-3H3. The van der Waals surface area contributed by atoms with Crippen molar-refractivity contribution in [2.24, 2.45) is 0 Å². The van der Waals surface area contributed by atoms with Gasteiger partial charge in [0.2, 0.25) is 0 Å². The van der Waals surface area contributed by atoms with Crippen molar-refractivity contribution in [2.75, 3.05) is 7.05 Å². The van der Waals surface area contributed by atoms with E-state index in [-0.39, 0.29) is 0 Å². The van der Waals surface area contributed by atoms with Gasteiger partial charge >= 0.3 is 0 Å². The summed E-state index contributed by atoms with van der Waals surface area (Å²) in [6, 6.07) is 0.584. The van der Waals surface area contributed by atoms with Gasteiger partial charge in [0, 0.05) is 18.3 Å². The molecule has 0 aromatic carbocycles. The maximum absolute atomic E-state index is 4.70. The van der Waals surface area contributed by atoms with Gasteiger partial charge < -0.3 is 9.88 Å². The van der Waals surface area contributed by atoms with E-state index in [9.17, 15) is 0 Å². The Balaban J connectivity index is 2.10. The van der Waals surface area contributed by atoms with Crippen molar-refractivity contribution in [3.05, 3.63) is 17.2 Å². The average Bonchev–Trinajstić information content (AvgIpc) is 2.62. The first-order chi connectivity index (χ1) is 7.72. The SMILES string of the molecule is CNC(C)CCn1c(C)nc2c1CCCC2. The van der Waals surface area contributed by atoms with E-state index in [0.29, 0.717) is 6.04 Å². The maximum atomic E-state index is 4.70. The first-order valence-corrected chi connectivity index (χ1v) is 6.44. The lowest BCUT2D eigenvalue weighted by Gasteiger charge is -2.16. The van der Waals surface area contributed by atoms with Crippen LogP contribution >= 0.6 is 0 Å². The summed E-state index contributed by atoms with van der Waals surface area (Å²) in [5.74, 6) is 1.20. The van der Waals surface area contributed by atoms with Crippen molar-refractivity contribution < 1.29 is 0 Å². The third-order valence-corrected chi connectivity index (χ3v) is 3.70. The van der Waals surface area contributed by atoms with Gasteiger partial charge in [-0.3, -0.25) is 0 Å². The van der Waals surface area contributed by atoms with Crippen LogP contribution in [-0.2, 0) is 19.4 Å². The number of fused-ring (bicyclic) bond motifs is 1. The highest BCUT2D eigenvalue weighted by Gasteiger charge is 2.17. The highest BCUT2D eigenvalue weighted by Crippen LogP contribution is 2.22. The van der Waals surface area contributed by atoms with Crippen molar-refractivity contribution in [1.29, 1.82) is 0 Å². The van der Waals surface area contributed by atoms with E-state index in [1.54, 1.807) is 0 Å². The molecule has 1 heterocycles. The Bertz CT molecular complexity index is 354. The molecule has 1 unspecified atom stereocenters. The minimum Gasteiger partial charge on any atom is -0.332 e. The van der Waals surface area contributed by atoms with Crippen LogP contribution in [0.2, 0.25) is 0 Å². The lowest BCUT2D eigenvalue weighted by Crippen LogP contribution is -2.23. The Morgan fingerprint density at radius 3 is 2.88 bits per heavy atom. The summed E-state index contributed by atoms with van der Waals surface area (Å²) in [4.78, 5) is 4.70. The van der Waals surface area contributed by atoms with Crippen LogP contribution in [0.4, 0.5) is 0 Å². The third-order valence-electron chi connectivity index (χ3n) is 3.70. The predicted molar refractivity (Wildman–Crippen MR) is 66.7 cm³/mol. The molecule has 0 bridgehead atoms. The summed E-state index contributed by atoms with van der Waals surface area (Å²) in [7, 11) is 2.03. The van der Waals surface area contributed by atoms with Crippen LogP contribution in [0, 0.1) is 6.92 Å². The van der Waals surface area contributed by atoms with Gasteiger partial charge in [0.05, 0.1) is 5.69 Å². The average molecular weight is 221 g/mol. The van der Waals surface area contributed by atoms with Gasteiger partial charge in [0.15, 0.2) is 0 Å². The van der Waals surface area contributed by atoms with E-state index in [0.717, 1.165) is 6.54 Å². The topological polar surface area (TPSA) is 29.9 Å². The van der Waals surface area contributed by atoms with Crippen molar-refractivity contribution in [2.45, 2.75) is 58.5 Å². The molecular weight excluding hydrogens is 198 g/mol. The molecule has 0 aliphatic heterocycles. The Morgan fingerprint density at radius 2 is 2.12 bits per heavy atom. The second-order valence-electron chi connectivity index (χ2n) is 4.89. The zero-order chi connectivity index (χ0) is 11.5. The number of nitrogens with one attached hydrogen (secondary N) is 1. The highest BCUT2D eigenvalue weighted by atomic mass is 15.1. The second kappa shape index (κ2) is 5.00. The molecule has 2 rings (SSSR count). The molecule has 0 saturated heterocycles. The Hall–Kier alpha value is -0.830. The molecule has 0 spiro atoms. The highest BCUT2D eigenvalue weighted by molar-refractivity contribution is 5.19. The number of nitrogens with zero attached hydrogens (tertiary/aromatic N) is 2. The fourth-order valence-electron chi connectivity index (χ4n) is 2.50. The monoisotopic (exact) mass is 221 g/mol. The molecule has 1 aliphatic rings. The molecule has 1 aliphatic carbocycles. The van der Waals surface area contributed by atoms with E-state index in [1.807, 2.05) is 7.05 Å². The summed E-state index contributed by atoms with van der Waals surface area (Å²) in [5.41, 5.74) is 2.87. The summed E-state index contributed by atoms with van der Waals surface area (Å²) in [5, 5.41) is 3.29. The molecule has 0 saturated carbocycles. The minimum absolute atomic E-state index is 0.584. The fraction of sp³-hybridized carbons (Fsp3) is 0.769. The van der Waals surface area contributed by atoms with Gasteiger partial charge in [-0.1, -0.05) is 0 Å². The number of imidazole rings is 1. The predicted octanol–water partition coefficient (Wildman–Crippen LogP) is 2.07. The molecule has 0 fully saturated rings. The lowest BCUT2D eigenvalue weighted by molar-refractivity contribution is 0.491. The van der Waals surface area contributed by atoms with Crippen LogP contribution < -0.4 is 5.32 Å². The van der Waals surface area contributed by atoms with Crippen molar-refractivity contribution in [3.8, 4) is 0 Å². The normalized spacial score (nSPS) is 17.2. The summed E-state index contributed by atoms with van der Waals surface area (Å²) < 4.78 is 2.43. The van der Waals surface area contributed by atoms with Gasteiger partial charge in [-0.25, -0.2) is 4.98 Å². The van der Waals surface area contributed by atoms with E-state index in [2.05, 4.69) is 23.7 Å². The van der Waals surface area contributed by atoms with E-state index in [1.165, 1.54) is 49.3 Å². The Kier molecular flexibility index (Phi) is 3.64. The Labute approximate surface area is 98.3 Å². The minimum atomic E-state index is 0.584. The molecule has 0 radical (unpaired) electrons. The van der Waals surface area contributed by atoms with Crippen molar-refractivity contribution >= 4 is 0 Å². The zero-order valence-corrected chi connectivity index (χ0v) is 10.7. The number of aromatic nitrogens is 2. The number of hydrogen-bond donors (Lipinski definition) is 1. The molecule has 1 aromatic rings. The summed E-state index contributed by atoms with van der Waals surface area (Å²) >= 11 is 0. The second-order valence-corrected chi connectivity index (χ2v) is 4.89. The van der Waals surface area contributed by atoms with Gasteiger partial charge in [-0.05, 0) is 53.0 Å². The largest absolute Gasteiger partial charge is 0.332 e. The number of aryl methyl sites for hydroxylation is 2. The quantitative estimate of drug-likeness (QED) is 0.843.